The first kappa shape index (κ1) is 15.9. The number of carboxylic acid groups (broad SMARTS) is 1. The molecule has 0 radical (unpaired) electrons. The van der Waals surface area contributed by atoms with Crippen molar-refractivity contribution in [3.63, 3.8) is 0 Å². The first-order valence-electron chi connectivity index (χ1n) is 6.96. The predicted octanol–water partition coefficient (Wildman–Crippen LogP) is 2.77. The zero-order valence-corrected chi connectivity index (χ0v) is 12.7. The highest BCUT2D eigenvalue weighted by Crippen LogP contribution is 2.34. The van der Waals surface area contributed by atoms with Crippen molar-refractivity contribution in [2.75, 3.05) is 19.0 Å². The summed E-state index contributed by atoms with van der Waals surface area (Å²) in [7, 11) is 1.57. The fourth-order valence-corrected chi connectivity index (χ4v) is 2.83. The average Bonchev–Trinajstić information content (AvgIpc) is 2.46. The summed E-state index contributed by atoms with van der Waals surface area (Å²) in [5.74, 6) is -0.463. The zero-order valence-electron chi connectivity index (χ0n) is 11.9. The van der Waals surface area contributed by atoms with Crippen LogP contribution in [0, 0.1) is 5.92 Å². The molecule has 0 bridgehead atoms. The van der Waals surface area contributed by atoms with Gasteiger partial charge in [0.05, 0.1) is 24.3 Å². The molecule has 1 aromatic carbocycles. The summed E-state index contributed by atoms with van der Waals surface area (Å²) in [6, 6.07) is 5.24. The van der Waals surface area contributed by atoms with Gasteiger partial charge in [-0.2, -0.15) is 0 Å². The van der Waals surface area contributed by atoms with Crippen LogP contribution < -0.4 is 10.1 Å². The van der Waals surface area contributed by atoms with Crippen molar-refractivity contribution in [3.05, 3.63) is 23.2 Å². The maximum absolute atomic E-state index is 10.9. The molecule has 116 valence electrons. The van der Waals surface area contributed by atoms with Gasteiger partial charge in [0.25, 0.3) is 0 Å². The number of methoxy groups -OCH3 is 1. The highest BCUT2D eigenvalue weighted by atomic mass is 35.5. The van der Waals surface area contributed by atoms with E-state index in [1.807, 2.05) is 0 Å². The Bertz CT molecular complexity index is 512. The van der Waals surface area contributed by atoms with E-state index in [0.29, 0.717) is 43.0 Å². The van der Waals surface area contributed by atoms with Crippen LogP contribution in [0.25, 0.3) is 0 Å². The number of anilines is 1. The van der Waals surface area contributed by atoms with E-state index in [1.165, 1.54) is 0 Å². The van der Waals surface area contributed by atoms with Gasteiger partial charge in [-0.05, 0) is 43.9 Å². The van der Waals surface area contributed by atoms with Crippen molar-refractivity contribution in [3.8, 4) is 5.75 Å². The maximum atomic E-state index is 10.9. The first-order valence-corrected chi connectivity index (χ1v) is 7.34. The van der Waals surface area contributed by atoms with Crippen molar-refractivity contribution < 1.29 is 19.7 Å². The molecule has 0 aromatic heterocycles. The second-order valence-electron chi connectivity index (χ2n) is 5.54. The molecule has 2 rings (SSSR count). The molecule has 0 unspecified atom stereocenters. The van der Waals surface area contributed by atoms with Crippen molar-refractivity contribution >= 4 is 23.3 Å². The van der Waals surface area contributed by atoms with Crippen LogP contribution in [0.5, 0.6) is 5.75 Å². The Kier molecular flexibility index (Phi) is 4.96. The molecule has 0 heterocycles. The number of rotatable bonds is 5. The molecule has 0 saturated heterocycles. The van der Waals surface area contributed by atoms with Gasteiger partial charge in [0.15, 0.2) is 0 Å². The Balaban J connectivity index is 1.97. The number of carboxylic acids is 1. The summed E-state index contributed by atoms with van der Waals surface area (Å²) in [6.07, 6.45) is 1.94. The van der Waals surface area contributed by atoms with E-state index >= 15 is 0 Å². The Morgan fingerprint density at radius 3 is 2.71 bits per heavy atom. The topological polar surface area (TPSA) is 78.8 Å². The Morgan fingerprint density at radius 1 is 1.48 bits per heavy atom. The number of hydrogen-bond donors (Lipinski definition) is 3. The lowest BCUT2D eigenvalue weighted by Gasteiger charge is -2.35. The number of nitrogens with one attached hydrogen (secondary N) is 1. The van der Waals surface area contributed by atoms with E-state index in [2.05, 4.69) is 5.32 Å². The van der Waals surface area contributed by atoms with Crippen LogP contribution in [0.3, 0.4) is 0 Å². The molecular formula is C15H20ClNO4. The molecule has 0 spiro atoms. The van der Waals surface area contributed by atoms with Crippen LogP contribution in [-0.4, -0.2) is 35.4 Å². The molecular weight excluding hydrogens is 294 g/mol. The minimum Gasteiger partial charge on any atom is -0.495 e. The first-order chi connectivity index (χ1) is 9.93. The van der Waals surface area contributed by atoms with Gasteiger partial charge < -0.3 is 20.3 Å². The number of ether oxygens (including phenoxy) is 1. The summed E-state index contributed by atoms with van der Waals surface area (Å²) in [4.78, 5) is 10.9. The third-order valence-corrected chi connectivity index (χ3v) is 4.27. The Hall–Kier alpha value is -1.46. The average molecular weight is 314 g/mol. The normalized spacial score (nSPS) is 25.4. The third kappa shape index (κ3) is 4.02. The molecule has 6 heteroatoms. The van der Waals surface area contributed by atoms with Crippen molar-refractivity contribution in [1.29, 1.82) is 0 Å². The molecule has 1 aliphatic carbocycles. The van der Waals surface area contributed by atoms with Crippen LogP contribution in [0.2, 0.25) is 5.02 Å². The van der Waals surface area contributed by atoms with E-state index in [4.69, 9.17) is 21.4 Å². The van der Waals surface area contributed by atoms with Gasteiger partial charge in [-0.3, -0.25) is 4.79 Å². The SMILES string of the molecule is COc1ccc(Cl)cc1NCC1(O)CCC(C(=O)O)CC1. The number of benzene rings is 1. The minimum absolute atomic E-state index is 0.342. The van der Waals surface area contributed by atoms with Crippen molar-refractivity contribution in [2.45, 2.75) is 31.3 Å². The molecule has 5 nitrogen and oxygen atoms in total. The number of aliphatic carboxylic acids is 1. The van der Waals surface area contributed by atoms with Crippen molar-refractivity contribution in [1.82, 2.24) is 0 Å². The number of aliphatic hydroxyl groups is 1. The summed E-state index contributed by atoms with van der Waals surface area (Å²) < 4.78 is 5.24. The molecule has 0 aliphatic heterocycles. The summed E-state index contributed by atoms with van der Waals surface area (Å²) in [5, 5.41) is 23.3. The lowest BCUT2D eigenvalue weighted by molar-refractivity contribution is -0.144. The zero-order chi connectivity index (χ0) is 15.5. The molecule has 1 fully saturated rings. The smallest absolute Gasteiger partial charge is 0.306 e. The van der Waals surface area contributed by atoms with E-state index in [1.54, 1.807) is 25.3 Å². The van der Waals surface area contributed by atoms with Gasteiger partial charge in [-0.25, -0.2) is 0 Å². The molecule has 3 N–H and O–H groups in total. The van der Waals surface area contributed by atoms with E-state index in [9.17, 15) is 9.90 Å². The number of carbonyl (C=O) groups is 1. The van der Waals surface area contributed by atoms with Crippen LogP contribution in [0.4, 0.5) is 5.69 Å². The monoisotopic (exact) mass is 313 g/mol. The Labute approximate surface area is 128 Å². The van der Waals surface area contributed by atoms with Crippen LogP contribution in [0.15, 0.2) is 18.2 Å². The van der Waals surface area contributed by atoms with Gasteiger partial charge in [0.1, 0.15) is 5.75 Å². The second-order valence-corrected chi connectivity index (χ2v) is 5.97. The molecule has 1 saturated carbocycles. The maximum Gasteiger partial charge on any atom is 0.306 e. The summed E-state index contributed by atoms with van der Waals surface area (Å²) in [5.41, 5.74) is -0.169. The van der Waals surface area contributed by atoms with Gasteiger partial charge in [0.2, 0.25) is 0 Å². The fourth-order valence-electron chi connectivity index (χ4n) is 2.66. The standard InChI is InChI=1S/C15H20ClNO4/c1-21-13-3-2-11(16)8-12(13)17-9-15(20)6-4-10(5-7-15)14(18)19/h2-3,8,10,17,20H,4-7,9H2,1H3,(H,18,19). The third-order valence-electron chi connectivity index (χ3n) is 4.03. The molecule has 1 aromatic rings. The summed E-state index contributed by atoms with van der Waals surface area (Å²) in [6.45, 7) is 0.343. The Morgan fingerprint density at radius 2 is 2.14 bits per heavy atom. The molecule has 0 amide bonds. The number of halogens is 1. The quantitative estimate of drug-likeness (QED) is 0.779. The lowest BCUT2D eigenvalue weighted by atomic mass is 9.79. The van der Waals surface area contributed by atoms with Crippen LogP contribution in [-0.2, 0) is 4.79 Å². The van der Waals surface area contributed by atoms with Crippen LogP contribution >= 0.6 is 11.6 Å². The van der Waals surface area contributed by atoms with Gasteiger partial charge in [0, 0.05) is 11.6 Å². The summed E-state index contributed by atoms with van der Waals surface area (Å²) >= 11 is 5.96. The highest BCUT2D eigenvalue weighted by Gasteiger charge is 2.35. The molecule has 1 aliphatic rings. The van der Waals surface area contributed by atoms with Gasteiger partial charge in [-0.1, -0.05) is 11.6 Å². The number of hydrogen-bond acceptors (Lipinski definition) is 4. The molecule has 21 heavy (non-hydrogen) atoms. The largest absolute Gasteiger partial charge is 0.495 e. The van der Waals surface area contributed by atoms with E-state index in [-0.39, 0.29) is 5.92 Å². The van der Waals surface area contributed by atoms with Gasteiger partial charge >= 0.3 is 5.97 Å². The highest BCUT2D eigenvalue weighted by molar-refractivity contribution is 6.30. The minimum atomic E-state index is -0.890. The lowest BCUT2D eigenvalue weighted by Crippen LogP contribution is -2.41. The fraction of sp³-hybridized carbons (Fsp3) is 0.533. The second kappa shape index (κ2) is 6.54. The van der Waals surface area contributed by atoms with Gasteiger partial charge in [-0.15, -0.1) is 0 Å². The van der Waals surface area contributed by atoms with E-state index < -0.39 is 11.6 Å². The van der Waals surface area contributed by atoms with Crippen molar-refractivity contribution in [2.24, 2.45) is 5.92 Å². The van der Waals surface area contributed by atoms with Crippen LogP contribution in [0.1, 0.15) is 25.7 Å². The van der Waals surface area contributed by atoms with E-state index in [0.717, 1.165) is 5.69 Å². The predicted molar refractivity (Wildman–Crippen MR) is 81.0 cm³/mol. The molecule has 0 atom stereocenters.